The summed E-state index contributed by atoms with van der Waals surface area (Å²) in [6, 6.07) is 26.3. The molecule has 4 aromatic rings. The van der Waals surface area contributed by atoms with Gasteiger partial charge in [-0.2, -0.15) is 0 Å². The zero-order valence-corrected chi connectivity index (χ0v) is 25.0. The number of fused-ring (bicyclic) bond motifs is 2. The van der Waals surface area contributed by atoms with E-state index in [1.165, 1.54) is 4.90 Å². The summed E-state index contributed by atoms with van der Waals surface area (Å²) < 4.78 is 6.53. The van der Waals surface area contributed by atoms with Gasteiger partial charge in [0, 0.05) is 30.6 Å². The molecule has 0 saturated carbocycles. The van der Waals surface area contributed by atoms with Crippen molar-refractivity contribution in [3.63, 3.8) is 0 Å². The number of hydrogen-bond donors (Lipinski definition) is 4. The van der Waals surface area contributed by atoms with Crippen LogP contribution >= 0.6 is 0 Å². The summed E-state index contributed by atoms with van der Waals surface area (Å²) in [7, 11) is 1.68. The minimum absolute atomic E-state index is 0.200. The van der Waals surface area contributed by atoms with Crippen LogP contribution < -0.4 is 20.7 Å². The molecule has 10 nitrogen and oxygen atoms in total. The van der Waals surface area contributed by atoms with Crippen LogP contribution in [-0.2, 0) is 0 Å². The maximum absolute atomic E-state index is 13.8. The molecule has 1 aliphatic heterocycles. The zero-order chi connectivity index (χ0) is 31.2. The molecule has 1 heterocycles. The van der Waals surface area contributed by atoms with Crippen molar-refractivity contribution < 1.29 is 24.2 Å². The molecule has 0 aliphatic carbocycles. The van der Waals surface area contributed by atoms with Gasteiger partial charge in [0.05, 0.1) is 36.1 Å². The Morgan fingerprint density at radius 1 is 0.932 bits per heavy atom. The highest BCUT2D eigenvalue weighted by Crippen LogP contribution is 2.35. The molecule has 3 atom stereocenters. The summed E-state index contributed by atoms with van der Waals surface area (Å²) in [5, 5.41) is 20.5. The van der Waals surface area contributed by atoms with E-state index in [2.05, 4.69) is 16.0 Å². The number of hydrogen-bond acceptors (Lipinski definition) is 5. The third-order valence-corrected chi connectivity index (χ3v) is 7.80. The second-order valence-electron chi connectivity index (χ2n) is 11.1. The minimum atomic E-state index is -0.550. The van der Waals surface area contributed by atoms with E-state index >= 15 is 0 Å². The monoisotopic (exact) mass is 595 g/mol. The molecule has 5 amide bonds. The van der Waals surface area contributed by atoms with Crippen molar-refractivity contribution in [1.29, 1.82) is 0 Å². The standard InChI is InChI=1S/C34H37N5O5/c1-22-19-39(23(2)21-40)32(41)27-16-10-18-29(37-33(42)36-28-17-9-12-24-11-7-8-15-26(24)28)31(27)44-30(22)20-38(3)34(43)35-25-13-5-4-6-14-25/h4-18,22-23,30,40H,19-21H2,1-3H3,(H,35,43)(H2,36,37,42)/t22-,23-,30+/m1/s1. The van der Waals surface area contributed by atoms with Gasteiger partial charge in [-0.1, -0.05) is 67.6 Å². The first-order valence-electron chi connectivity index (χ1n) is 14.6. The zero-order valence-electron chi connectivity index (χ0n) is 25.0. The number of para-hydroxylation sites is 2. The van der Waals surface area contributed by atoms with Gasteiger partial charge in [-0.05, 0) is 42.6 Å². The van der Waals surface area contributed by atoms with Gasteiger partial charge in [0.15, 0.2) is 5.75 Å². The average Bonchev–Trinajstić information content (AvgIpc) is 3.03. The number of urea groups is 2. The number of aliphatic hydroxyl groups excluding tert-OH is 1. The molecule has 0 radical (unpaired) electrons. The second-order valence-corrected chi connectivity index (χ2v) is 11.1. The van der Waals surface area contributed by atoms with Crippen LogP contribution in [0, 0.1) is 5.92 Å². The van der Waals surface area contributed by atoms with Crippen LogP contribution in [0.25, 0.3) is 10.8 Å². The molecule has 1 aliphatic rings. The van der Waals surface area contributed by atoms with Crippen LogP contribution in [0.15, 0.2) is 91.0 Å². The molecule has 10 heteroatoms. The Balaban J connectivity index is 1.43. The molecule has 0 spiro atoms. The largest absolute Gasteiger partial charge is 0.485 e. The third kappa shape index (κ3) is 6.76. The molecule has 0 saturated heterocycles. The molecule has 4 aromatic carbocycles. The second kappa shape index (κ2) is 13.5. The van der Waals surface area contributed by atoms with Gasteiger partial charge in [0.25, 0.3) is 5.91 Å². The number of benzene rings is 4. The van der Waals surface area contributed by atoms with E-state index in [0.29, 0.717) is 23.6 Å². The summed E-state index contributed by atoms with van der Waals surface area (Å²) in [4.78, 5) is 43.2. The maximum atomic E-state index is 13.8. The Morgan fingerprint density at radius 2 is 1.59 bits per heavy atom. The van der Waals surface area contributed by atoms with E-state index in [4.69, 9.17) is 4.74 Å². The Labute approximate surface area is 256 Å². The van der Waals surface area contributed by atoms with Crippen molar-refractivity contribution in [2.75, 3.05) is 42.7 Å². The fourth-order valence-corrected chi connectivity index (χ4v) is 5.26. The van der Waals surface area contributed by atoms with Crippen molar-refractivity contribution >= 4 is 45.8 Å². The van der Waals surface area contributed by atoms with Crippen LogP contribution in [0.4, 0.5) is 26.7 Å². The van der Waals surface area contributed by atoms with Crippen molar-refractivity contribution in [2.24, 2.45) is 5.92 Å². The van der Waals surface area contributed by atoms with Crippen LogP contribution in [0.1, 0.15) is 24.2 Å². The highest BCUT2D eigenvalue weighted by molar-refractivity contribution is 6.08. The number of nitrogens with zero attached hydrogens (tertiary/aromatic N) is 2. The maximum Gasteiger partial charge on any atom is 0.323 e. The fraction of sp³-hybridized carbons (Fsp3) is 0.265. The molecular formula is C34H37N5O5. The summed E-state index contributed by atoms with van der Waals surface area (Å²) in [6.45, 7) is 4.00. The topological polar surface area (TPSA) is 123 Å². The Hall–Kier alpha value is -5.09. The lowest BCUT2D eigenvalue weighted by atomic mass is 9.99. The molecule has 0 unspecified atom stereocenters. The Bertz CT molecular complexity index is 1640. The first-order valence-corrected chi connectivity index (χ1v) is 14.6. The predicted molar refractivity (Wildman–Crippen MR) is 172 cm³/mol. The van der Waals surface area contributed by atoms with E-state index in [0.717, 1.165) is 10.8 Å². The van der Waals surface area contributed by atoms with Crippen molar-refractivity contribution in [1.82, 2.24) is 9.80 Å². The van der Waals surface area contributed by atoms with Crippen molar-refractivity contribution in [3.05, 3.63) is 96.6 Å². The highest BCUT2D eigenvalue weighted by atomic mass is 16.5. The third-order valence-electron chi connectivity index (χ3n) is 7.80. The Kier molecular flexibility index (Phi) is 9.30. The number of amides is 5. The number of aliphatic hydroxyl groups is 1. The van der Waals surface area contributed by atoms with Crippen LogP contribution in [0.3, 0.4) is 0 Å². The Morgan fingerprint density at radius 3 is 2.36 bits per heavy atom. The summed E-state index contributed by atoms with van der Waals surface area (Å²) in [6.07, 6.45) is -0.550. The van der Waals surface area contributed by atoms with E-state index in [9.17, 15) is 19.5 Å². The number of nitrogens with one attached hydrogen (secondary N) is 3. The van der Waals surface area contributed by atoms with Gasteiger partial charge in [-0.25, -0.2) is 9.59 Å². The smallest absolute Gasteiger partial charge is 0.323 e. The number of carbonyl (C=O) groups excluding carboxylic acids is 3. The fourth-order valence-electron chi connectivity index (χ4n) is 5.26. The van der Waals surface area contributed by atoms with Crippen LogP contribution in [0.2, 0.25) is 0 Å². The lowest BCUT2D eigenvalue weighted by molar-refractivity contribution is 0.0373. The molecule has 228 valence electrons. The quantitative estimate of drug-likeness (QED) is 0.213. The van der Waals surface area contributed by atoms with Crippen LogP contribution in [0.5, 0.6) is 5.75 Å². The number of likely N-dealkylation sites (N-methyl/N-ethyl adjacent to an activating group) is 1. The highest BCUT2D eigenvalue weighted by Gasteiger charge is 2.35. The molecule has 0 bridgehead atoms. The molecule has 4 N–H and O–H groups in total. The summed E-state index contributed by atoms with van der Waals surface area (Å²) in [5.74, 6) is -0.347. The molecule has 0 fully saturated rings. The number of ether oxygens (including phenoxy) is 1. The first-order chi connectivity index (χ1) is 21.2. The van der Waals surface area contributed by atoms with Gasteiger partial charge in [-0.3, -0.25) is 4.79 Å². The predicted octanol–water partition coefficient (Wildman–Crippen LogP) is 5.87. The van der Waals surface area contributed by atoms with E-state index in [-0.39, 0.29) is 42.3 Å². The average molecular weight is 596 g/mol. The molecule has 0 aromatic heterocycles. The van der Waals surface area contributed by atoms with E-state index in [1.54, 1.807) is 49.2 Å². The number of rotatable bonds is 7. The summed E-state index contributed by atoms with van der Waals surface area (Å²) in [5.41, 5.74) is 1.86. The van der Waals surface area contributed by atoms with Gasteiger partial charge in [0.1, 0.15) is 6.10 Å². The van der Waals surface area contributed by atoms with Gasteiger partial charge in [-0.15, -0.1) is 0 Å². The van der Waals surface area contributed by atoms with Gasteiger partial charge >= 0.3 is 12.1 Å². The summed E-state index contributed by atoms with van der Waals surface area (Å²) >= 11 is 0. The van der Waals surface area contributed by atoms with Gasteiger partial charge < -0.3 is 35.6 Å². The number of carbonyl (C=O) groups is 3. The van der Waals surface area contributed by atoms with Crippen molar-refractivity contribution in [2.45, 2.75) is 26.0 Å². The molecule has 5 rings (SSSR count). The first kappa shape index (κ1) is 30.4. The minimum Gasteiger partial charge on any atom is -0.485 e. The lowest BCUT2D eigenvalue weighted by Gasteiger charge is -2.38. The number of anilines is 3. The van der Waals surface area contributed by atoms with E-state index < -0.39 is 18.2 Å². The van der Waals surface area contributed by atoms with E-state index in [1.807, 2.05) is 67.6 Å². The van der Waals surface area contributed by atoms with Crippen LogP contribution in [-0.4, -0.2) is 71.8 Å². The SMILES string of the molecule is C[C@@H]1CN([C@H](C)CO)C(=O)c2cccc(NC(=O)Nc3cccc4ccccc34)c2O[C@H]1CN(C)C(=O)Nc1ccccc1. The normalized spacial score (nSPS) is 17.0. The molecular weight excluding hydrogens is 558 g/mol. The van der Waals surface area contributed by atoms with Crippen molar-refractivity contribution in [3.8, 4) is 5.75 Å². The van der Waals surface area contributed by atoms with Gasteiger partial charge in [0.2, 0.25) is 0 Å². The molecule has 44 heavy (non-hydrogen) atoms. The lowest BCUT2D eigenvalue weighted by Crippen LogP contribution is -2.50.